The van der Waals surface area contributed by atoms with Crippen molar-refractivity contribution in [3.8, 4) is 11.8 Å². The van der Waals surface area contributed by atoms with E-state index in [2.05, 4.69) is 18.3 Å². The Morgan fingerprint density at radius 1 is 1.41 bits per heavy atom. The zero-order valence-corrected chi connectivity index (χ0v) is 17.6. The number of aryl methyl sites for hydroxylation is 1. The molecule has 0 fully saturated rings. The highest BCUT2D eigenvalue weighted by atomic mass is 32.1. The molecule has 1 aromatic heterocycles. The van der Waals surface area contributed by atoms with Crippen LogP contribution in [0.15, 0.2) is 24.3 Å². The molecule has 2 aromatic rings. The fourth-order valence-corrected chi connectivity index (χ4v) is 4.69. The van der Waals surface area contributed by atoms with Gasteiger partial charge in [-0.1, -0.05) is 19.1 Å². The maximum absolute atomic E-state index is 12.3. The first-order chi connectivity index (χ1) is 13.9. The smallest absolute Gasteiger partial charge is 0.347 e. The predicted octanol–water partition coefficient (Wildman–Crippen LogP) is 4.00. The second-order valence-electron chi connectivity index (χ2n) is 7.40. The van der Waals surface area contributed by atoms with E-state index in [-0.39, 0.29) is 0 Å². The number of nitrogens with one attached hydrogen (secondary N) is 1. The van der Waals surface area contributed by atoms with Gasteiger partial charge in [0.1, 0.15) is 16.8 Å². The van der Waals surface area contributed by atoms with Crippen LogP contribution in [0.2, 0.25) is 0 Å². The number of nitriles is 1. The van der Waals surface area contributed by atoms with Crippen LogP contribution >= 0.6 is 11.3 Å². The number of thiophene rings is 1. The van der Waals surface area contributed by atoms with Gasteiger partial charge in [0, 0.05) is 4.88 Å². The standard InChI is InChI=1S/C22H24N2O4S/c1-13-5-4-6-16(9-13)28-15(3)22(26)27-12-20(25)24-21-18(11-23)17-8-7-14(2)10-19(17)29-21/h4-6,9,14-15H,7-8,10,12H2,1-3H3,(H,24,25)/t14-,15+/m1/s1. The average molecular weight is 413 g/mol. The van der Waals surface area contributed by atoms with Gasteiger partial charge in [0.15, 0.2) is 12.7 Å². The van der Waals surface area contributed by atoms with Crippen molar-refractivity contribution >= 4 is 28.2 Å². The summed E-state index contributed by atoms with van der Waals surface area (Å²) in [6, 6.07) is 9.55. The molecule has 0 aliphatic heterocycles. The number of hydrogen-bond acceptors (Lipinski definition) is 6. The lowest BCUT2D eigenvalue weighted by molar-refractivity contribution is -0.153. The lowest BCUT2D eigenvalue weighted by atomic mass is 9.89. The summed E-state index contributed by atoms with van der Waals surface area (Å²) in [6.07, 6.45) is 1.99. The molecule has 2 atom stereocenters. The Hall–Kier alpha value is -2.85. The first-order valence-corrected chi connectivity index (χ1v) is 10.4. The highest BCUT2D eigenvalue weighted by Gasteiger charge is 2.25. The van der Waals surface area contributed by atoms with Crippen molar-refractivity contribution in [2.45, 2.75) is 46.1 Å². The Balaban J connectivity index is 1.55. The normalized spacial score (nSPS) is 16.3. The van der Waals surface area contributed by atoms with E-state index in [9.17, 15) is 14.9 Å². The highest BCUT2D eigenvalue weighted by Crippen LogP contribution is 2.39. The van der Waals surface area contributed by atoms with Gasteiger partial charge in [-0.25, -0.2) is 4.79 Å². The van der Waals surface area contributed by atoms with E-state index in [1.54, 1.807) is 13.0 Å². The van der Waals surface area contributed by atoms with Crippen LogP contribution in [0.3, 0.4) is 0 Å². The van der Waals surface area contributed by atoms with E-state index in [1.807, 2.05) is 25.1 Å². The zero-order chi connectivity index (χ0) is 21.0. The fraction of sp³-hybridized carbons (Fsp3) is 0.409. The molecular formula is C22H24N2O4S. The summed E-state index contributed by atoms with van der Waals surface area (Å²) in [5, 5.41) is 12.8. The van der Waals surface area contributed by atoms with Gasteiger partial charge < -0.3 is 14.8 Å². The molecule has 0 saturated carbocycles. The van der Waals surface area contributed by atoms with Gasteiger partial charge in [-0.15, -0.1) is 11.3 Å². The number of anilines is 1. The minimum atomic E-state index is -0.838. The van der Waals surface area contributed by atoms with Gasteiger partial charge in [-0.05, 0) is 62.3 Å². The van der Waals surface area contributed by atoms with Gasteiger partial charge in [0.05, 0.1) is 5.56 Å². The molecule has 0 radical (unpaired) electrons. The Bertz CT molecular complexity index is 960. The van der Waals surface area contributed by atoms with Crippen molar-refractivity contribution in [1.29, 1.82) is 5.26 Å². The largest absolute Gasteiger partial charge is 0.479 e. The van der Waals surface area contributed by atoms with E-state index in [0.29, 0.717) is 22.2 Å². The summed E-state index contributed by atoms with van der Waals surface area (Å²) >= 11 is 1.44. The van der Waals surface area contributed by atoms with Crippen LogP contribution in [0, 0.1) is 24.2 Å². The number of ether oxygens (including phenoxy) is 2. The van der Waals surface area contributed by atoms with E-state index in [0.717, 1.165) is 35.3 Å². The van der Waals surface area contributed by atoms with Gasteiger partial charge in [-0.2, -0.15) is 5.26 Å². The first kappa shape index (κ1) is 20.9. The summed E-state index contributed by atoms with van der Waals surface area (Å²) in [5.41, 5.74) is 2.60. The molecule has 1 aliphatic carbocycles. The number of carbonyl (C=O) groups excluding carboxylic acids is 2. The van der Waals surface area contributed by atoms with Crippen LogP contribution in [0.4, 0.5) is 5.00 Å². The fourth-order valence-electron chi connectivity index (χ4n) is 3.31. The third-order valence-corrected chi connectivity index (χ3v) is 6.03. The van der Waals surface area contributed by atoms with Gasteiger partial charge >= 0.3 is 5.97 Å². The molecule has 0 saturated heterocycles. The minimum absolute atomic E-state index is 0.426. The van der Waals surface area contributed by atoms with Gasteiger partial charge in [0.25, 0.3) is 5.91 Å². The molecule has 1 amide bonds. The molecule has 6 nitrogen and oxygen atoms in total. The number of rotatable bonds is 6. The van der Waals surface area contributed by atoms with E-state index in [4.69, 9.17) is 9.47 Å². The average Bonchev–Trinajstić information content (AvgIpc) is 3.01. The molecule has 1 N–H and O–H groups in total. The third-order valence-electron chi connectivity index (χ3n) is 4.86. The van der Waals surface area contributed by atoms with Crippen molar-refractivity contribution in [2.75, 3.05) is 11.9 Å². The van der Waals surface area contributed by atoms with Crippen LogP contribution in [0.5, 0.6) is 5.75 Å². The monoisotopic (exact) mass is 412 g/mol. The van der Waals surface area contributed by atoms with E-state index in [1.165, 1.54) is 11.3 Å². The number of carbonyl (C=O) groups is 2. The molecule has 3 rings (SSSR count). The summed E-state index contributed by atoms with van der Waals surface area (Å²) in [5.74, 6) is 0.0498. The van der Waals surface area contributed by atoms with Crippen molar-refractivity contribution in [3.63, 3.8) is 0 Å². The molecule has 7 heteroatoms. The Morgan fingerprint density at radius 2 is 2.21 bits per heavy atom. The van der Waals surface area contributed by atoms with Crippen LogP contribution < -0.4 is 10.1 Å². The lowest BCUT2D eigenvalue weighted by Gasteiger charge is -2.17. The second kappa shape index (κ2) is 9.10. The van der Waals surface area contributed by atoms with Crippen molar-refractivity contribution < 1.29 is 19.1 Å². The van der Waals surface area contributed by atoms with Crippen molar-refractivity contribution in [2.24, 2.45) is 5.92 Å². The third kappa shape index (κ3) is 5.15. The number of fused-ring (bicyclic) bond motifs is 1. The SMILES string of the molecule is Cc1cccc(O[C@@H](C)C(=O)OCC(=O)Nc2sc3c(c2C#N)CC[C@@H](C)C3)c1. The molecule has 1 heterocycles. The number of nitrogens with zero attached hydrogens (tertiary/aromatic N) is 1. The zero-order valence-electron chi connectivity index (χ0n) is 16.8. The van der Waals surface area contributed by atoms with E-state index >= 15 is 0 Å². The second-order valence-corrected chi connectivity index (χ2v) is 8.51. The van der Waals surface area contributed by atoms with Crippen LogP contribution in [-0.4, -0.2) is 24.6 Å². The maximum atomic E-state index is 12.3. The highest BCUT2D eigenvalue weighted by molar-refractivity contribution is 7.16. The number of esters is 1. The quantitative estimate of drug-likeness (QED) is 0.725. The molecule has 152 valence electrons. The van der Waals surface area contributed by atoms with Crippen molar-refractivity contribution in [1.82, 2.24) is 0 Å². The Labute approximate surface area is 174 Å². The molecule has 1 aromatic carbocycles. The molecule has 0 unspecified atom stereocenters. The lowest BCUT2D eigenvalue weighted by Crippen LogP contribution is -2.29. The Morgan fingerprint density at radius 3 is 2.93 bits per heavy atom. The summed E-state index contributed by atoms with van der Waals surface area (Å²) in [4.78, 5) is 25.5. The Kier molecular flexibility index (Phi) is 6.55. The summed E-state index contributed by atoms with van der Waals surface area (Å²) < 4.78 is 10.6. The number of benzene rings is 1. The van der Waals surface area contributed by atoms with Gasteiger partial charge in [-0.3, -0.25) is 4.79 Å². The molecule has 1 aliphatic rings. The topological polar surface area (TPSA) is 88.4 Å². The van der Waals surface area contributed by atoms with Gasteiger partial charge in [0.2, 0.25) is 0 Å². The van der Waals surface area contributed by atoms with Crippen molar-refractivity contribution in [3.05, 3.63) is 45.8 Å². The van der Waals surface area contributed by atoms with E-state index < -0.39 is 24.6 Å². The molecule has 29 heavy (non-hydrogen) atoms. The summed E-state index contributed by atoms with van der Waals surface area (Å²) in [7, 11) is 0. The molecule has 0 bridgehead atoms. The maximum Gasteiger partial charge on any atom is 0.347 e. The van der Waals surface area contributed by atoms with Crippen LogP contribution in [0.1, 0.15) is 41.8 Å². The number of hydrogen-bond donors (Lipinski definition) is 1. The van der Waals surface area contributed by atoms with Crippen LogP contribution in [0.25, 0.3) is 0 Å². The molecule has 0 spiro atoms. The first-order valence-electron chi connectivity index (χ1n) is 9.61. The molecular weight excluding hydrogens is 388 g/mol. The summed E-state index contributed by atoms with van der Waals surface area (Å²) in [6.45, 7) is 5.26. The predicted molar refractivity (Wildman–Crippen MR) is 111 cm³/mol. The minimum Gasteiger partial charge on any atom is -0.479 e. The number of amides is 1. The van der Waals surface area contributed by atoms with Crippen LogP contribution in [-0.2, 0) is 27.2 Å².